The molecule has 0 aliphatic heterocycles. The summed E-state index contributed by atoms with van der Waals surface area (Å²) in [4.78, 5) is 30.0. The molecule has 0 spiro atoms. The number of anilines is 1. The summed E-state index contributed by atoms with van der Waals surface area (Å²) in [6, 6.07) is 20.9. The minimum absolute atomic E-state index is 0.117. The molecule has 2 amide bonds. The van der Waals surface area contributed by atoms with Crippen molar-refractivity contribution in [1.29, 1.82) is 0 Å². The van der Waals surface area contributed by atoms with Crippen LogP contribution in [0.3, 0.4) is 0 Å². The highest BCUT2D eigenvalue weighted by atomic mass is 32.1. The number of carbonyl (C=O) groups is 2. The van der Waals surface area contributed by atoms with Crippen LogP contribution >= 0.6 is 11.3 Å². The molecule has 0 bridgehead atoms. The van der Waals surface area contributed by atoms with Gasteiger partial charge in [0.05, 0.1) is 30.6 Å². The molecule has 0 saturated heterocycles. The van der Waals surface area contributed by atoms with Gasteiger partial charge < -0.3 is 14.5 Å². The van der Waals surface area contributed by atoms with Gasteiger partial charge in [-0.15, -0.1) is 16.4 Å². The molecule has 188 valence electrons. The van der Waals surface area contributed by atoms with Gasteiger partial charge in [-0.25, -0.2) is 4.68 Å². The average Bonchev–Trinajstić information content (AvgIpc) is 3.70. The molecule has 0 saturated carbocycles. The van der Waals surface area contributed by atoms with E-state index in [4.69, 9.17) is 9.15 Å². The van der Waals surface area contributed by atoms with Crippen LogP contribution in [-0.2, 0) is 22.7 Å². The van der Waals surface area contributed by atoms with Gasteiger partial charge >= 0.3 is 0 Å². The van der Waals surface area contributed by atoms with Crippen LogP contribution in [0.5, 0.6) is 5.75 Å². The van der Waals surface area contributed by atoms with Gasteiger partial charge in [-0.3, -0.25) is 14.5 Å². The van der Waals surface area contributed by atoms with Crippen molar-refractivity contribution in [3.05, 3.63) is 95.1 Å². The topological polar surface area (TPSA) is 102 Å². The predicted octanol–water partition coefficient (Wildman–Crippen LogP) is 4.58. The number of rotatable bonds is 10. The molecule has 5 aromatic rings. The van der Waals surface area contributed by atoms with E-state index in [2.05, 4.69) is 15.6 Å². The van der Waals surface area contributed by atoms with Crippen molar-refractivity contribution < 1.29 is 18.7 Å². The van der Waals surface area contributed by atoms with E-state index in [1.165, 1.54) is 16.2 Å². The minimum Gasteiger partial charge on any atom is -0.492 e. The first-order chi connectivity index (χ1) is 18.2. The molecule has 1 atom stereocenters. The smallest absolute Gasteiger partial charge is 0.249 e. The fraction of sp³-hybridized carbons (Fsp3) is 0.185. The van der Waals surface area contributed by atoms with E-state index in [1.54, 1.807) is 35.2 Å². The lowest BCUT2D eigenvalue weighted by Crippen LogP contribution is -2.45. The van der Waals surface area contributed by atoms with Crippen LogP contribution in [0, 0.1) is 0 Å². The van der Waals surface area contributed by atoms with E-state index in [9.17, 15) is 9.59 Å². The molecule has 2 aromatic carbocycles. The Morgan fingerprint density at radius 3 is 2.70 bits per heavy atom. The summed E-state index contributed by atoms with van der Waals surface area (Å²) in [6.07, 6.45) is 1.55. The molecule has 3 aromatic heterocycles. The van der Waals surface area contributed by atoms with Crippen molar-refractivity contribution in [2.75, 3.05) is 11.5 Å². The van der Waals surface area contributed by atoms with Gasteiger partial charge in [-0.05, 0) is 54.8 Å². The molecule has 1 N–H and O–H groups in total. The van der Waals surface area contributed by atoms with Gasteiger partial charge in [0.15, 0.2) is 0 Å². The zero-order chi connectivity index (χ0) is 25.6. The molecular weight excluding hydrogens is 490 g/mol. The Morgan fingerprint density at radius 2 is 1.92 bits per heavy atom. The zero-order valence-electron chi connectivity index (χ0n) is 20.1. The summed E-state index contributed by atoms with van der Waals surface area (Å²) in [6.45, 7) is 2.35. The lowest BCUT2D eigenvalue weighted by Gasteiger charge is -2.31. The summed E-state index contributed by atoms with van der Waals surface area (Å²) in [7, 11) is 0. The van der Waals surface area contributed by atoms with Gasteiger partial charge in [-0.2, -0.15) is 0 Å². The highest BCUT2D eigenvalue weighted by Gasteiger charge is 2.35. The van der Waals surface area contributed by atoms with Crippen molar-refractivity contribution in [3.63, 3.8) is 0 Å². The third-order valence-electron chi connectivity index (χ3n) is 5.73. The van der Waals surface area contributed by atoms with Gasteiger partial charge in [0.2, 0.25) is 11.8 Å². The van der Waals surface area contributed by atoms with Crippen LogP contribution in [0.2, 0.25) is 0 Å². The van der Waals surface area contributed by atoms with Crippen molar-refractivity contribution in [1.82, 2.24) is 20.3 Å². The van der Waals surface area contributed by atoms with Crippen LogP contribution in [0.4, 0.5) is 5.69 Å². The molecule has 10 heteroatoms. The fourth-order valence-electron chi connectivity index (χ4n) is 4.09. The normalized spacial score (nSPS) is 11.8. The number of nitrogens with zero attached hydrogens (tertiary/aromatic N) is 4. The van der Waals surface area contributed by atoms with Gasteiger partial charge in [0.25, 0.3) is 0 Å². The first kappa shape index (κ1) is 24.3. The Labute approximate surface area is 217 Å². The Morgan fingerprint density at radius 1 is 1.08 bits per heavy atom. The zero-order valence-corrected chi connectivity index (χ0v) is 20.9. The van der Waals surface area contributed by atoms with E-state index in [-0.39, 0.29) is 24.9 Å². The van der Waals surface area contributed by atoms with E-state index in [0.717, 1.165) is 5.52 Å². The lowest BCUT2D eigenvalue weighted by molar-refractivity contribution is -0.127. The Bertz CT molecular complexity index is 1480. The summed E-state index contributed by atoms with van der Waals surface area (Å²) in [5.74, 6) is 0.429. The second kappa shape index (κ2) is 11.1. The van der Waals surface area contributed by atoms with E-state index in [0.29, 0.717) is 34.2 Å². The van der Waals surface area contributed by atoms with Gasteiger partial charge in [-0.1, -0.05) is 35.5 Å². The number of furan rings is 1. The van der Waals surface area contributed by atoms with Crippen molar-refractivity contribution in [3.8, 4) is 5.75 Å². The third kappa shape index (κ3) is 5.24. The number of para-hydroxylation sites is 3. The van der Waals surface area contributed by atoms with Crippen LogP contribution in [0.15, 0.2) is 88.9 Å². The molecule has 0 radical (unpaired) electrons. The summed E-state index contributed by atoms with van der Waals surface area (Å²) in [5.41, 5.74) is 1.90. The van der Waals surface area contributed by atoms with E-state index in [1.807, 2.05) is 60.8 Å². The molecule has 0 fully saturated rings. The maximum absolute atomic E-state index is 14.1. The third-order valence-corrected chi connectivity index (χ3v) is 6.66. The lowest BCUT2D eigenvalue weighted by atomic mass is 10.1. The number of hydrogen-bond acceptors (Lipinski definition) is 7. The number of ether oxygens (including phenoxy) is 1. The molecular formula is C27H25N5O4S. The van der Waals surface area contributed by atoms with Gasteiger partial charge in [0, 0.05) is 4.88 Å². The summed E-state index contributed by atoms with van der Waals surface area (Å²) >= 11 is 1.40. The van der Waals surface area contributed by atoms with Gasteiger partial charge in [0.1, 0.15) is 29.6 Å². The maximum atomic E-state index is 14.1. The van der Waals surface area contributed by atoms with Crippen LogP contribution in [0.1, 0.15) is 23.6 Å². The van der Waals surface area contributed by atoms with E-state index >= 15 is 0 Å². The molecule has 0 aliphatic rings. The maximum Gasteiger partial charge on any atom is 0.249 e. The number of fused-ring (bicyclic) bond motifs is 1. The SMILES string of the molecule is CCOc1ccccc1N(C(=O)Cn1nnc2ccccc21)C(C(=O)NCc1ccco1)c1cccs1. The summed E-state index contributed by atoms with van der Waals surface area (Å²) < 4.78 is 12.8. The molecule has 0 aliphatic carbocycles. The highest BCUT2D eigenvalue weighted by Crippen LogP contribution is 2.37. The highest BCUT2D eigenvalue weighted by molar-refractivity contribution is 7.10. The number of aromatic nitrogens is 3. The minimum atomic E-state index is -0.946. The van der Waals surface area contributed by atoms with Crippen LogP contribution in [-0.4, -0.2) is 33.4 Å². The number of carbonyl (C=O) groups excluding carboxylic acids is 2. The van der Waals surface area contributed by atoms with Crippen LogP contribution in [0.25, 0.3) is 11.0 Å². The molecule has 9 nitrogen and oxygen atoms in total. The number of amides is 2. The van der Waals surface area contributed by atoms with Crippen molar-refractivity contribution >= 4 is 39.9 Å². The largest absolute Gasteiger partial charge is 0.492 e. The van der Waals surface area contributed by atoms with Crippen LogP contribution < -0.4 is 15.0 Å². The van der Waals surface area contributed by atoms with E-state index < -0.39 is 6.04 Å². The number of benzene rings is 2. The van der Waals surface area contributed by atoms with Crippen molar-refractivity contribution in [2.24, 2.45) is 0 Å². The fourth-order valence-corrected chi connectivity index (χ4v) is 4.91. The molecule has 3 heterocycles. The predicted molar refractivity (Wildman–Crippen MR) is 140 cm³/mol. The first-order valence-corrected chi connectivity index (χ1v) is 12.7. The Hall–Kier alpha value is -4.44. The molecule has 37 heavy (non-hydrogen) atoms. The molecule has 5 rings (SSSR count). The summed E-state index contributed by atoms with van der Waals surface area (Å²) in [5, 5.41) is 13.2. The Balaban J connectivity index is 1.56. The quantitative estimate of drug-likeness (QED) is 0.292. The number of nitrogens with one attached hydrogen (secondary N) is 1. The second-order valence-electron chi connectivity index (χ2n) is 8.12. The Kier molecular flexibility index (Phi) is 7.27. The number of thiophene rings is 1. The van der Waals surface area contributed by atoms with Crippen molar-refractivity contribution in [2.45, 2.75) is 26.1 Å². The standard InChI is InChI=1S/C27H25N5O4S/c1-2-35-23-13-6-5-12-22(23)32(25(33)18-31-21-11-4-3-10-20(21)29-30-31)26(24-14-8-16-37-24)27(34)28-17-19-9-7-15-36-19/h3-16,26H,2,17-18H2,1H3,(H,28,34). The monoisotopic (exact) mass is 515 g/mol. The molecule has 1 unspecified atom stereocenters. The number of hydrogen-bond donors (Lipinski definition) is 1. The second-order valence-corrected chi connectivity index (χ2v) is 9.09. The average molecular weight is 516 g/mol. The first-order valence-electron chi connectivity index (χ1n) is 11.8.